The first kappa shape index (κ1) is 14.9. The van der Waals surface area contributed by atoms with E-state index in [-0.39, 0.29) is 6.01 Å². The predicted molar refractivity (Wildman–Crippen MR) is 79.3 cm³/mol. The first-order chi connectivity index (χ1) is 10.2. The molecule has 0 bridgehead atoms. The number of hydrogen-bond donors (Lipinski definition) is 2. The molecule has 2 heterocycles. The third-order valence-corrected chi connectivity index (χ3v) is 2.59. The van der Waals surface area contributed by atoms with Crippen molar-refractivity contribution in [3.63, 3.8) is 0 Å². The number of anilines is 2. The molecule has 0 amide bonds. The Kier molecular flexibility index (Phi) is 5.19. The van der Waals surface area contributed by atoms with Gasteiger partial charge in [0.05, 0.1) is 31.2 Å². The number of aromatic nitrogens is 5. The molecule has 2 N–H and O–H groups in total. The second-order valence-corrected chi connectivity index (χ2v) is 4.40. The van der Waals surface area contributed by atoms with Crippen LogP contribution in [0.25, 0.3) is 0 Å². The molecule has 0 aliphatic rings. The summed E-state index contributed by atoms with van der Waals surface area (Å²) in [4.78, 5) is 21.0. The predicted octanol–water partition coefficient (Wildman–Crippen LogP) is 1.41. The van der Waals surface area contributed by atoms with Crippen LogP contribution in [0.1, 0.15) is 24.7 Å². The molecular formula is C13H19N7O. The fourth-order valence-electron chi connectivity index (χ4n) is 1.52. The molecule has 2 aromatic heterocycles. The summed E-state index contributed by atoms with van der Waals surface area (Å²) in [7, 11) is 1.52. The molecule has 0 fully saturated rings. The zero-order valence-electron chi connectivity index (χ0n) is 12.4. The van der Waals surface area contributed by atoms with Crippen molar-refractivity contribution in [2.75, 3.05) is 24.3 Å². The van der Waals surface area contributed by atoms with Gasteiger partial charge in [-0.1, -0.05) is 6.92 Å². The molecule has 0 saturated heterocycles. The van der Waals surface area contributed by atoms with Crippen LogP contribution in [0, 0.1) is 6.92 Å². The van der Waals surface area contributed by atoms with Crippen LogP contribution in [0.2, 0.25) is 0 Å². The fraction of sp³-hybridized carbons (Fsp3) is 0.462. The van der Waals surface area contributed by atoms with Crippen molar-refractivity contribution >= 4 is 11.9 Å². The minimum atomic E-state index is 0.265. The Morgan fingerprint density at radius 1 is 1.05 bits per heavy atom. The average Bonchev–Trinajstić information content (AvgIpc) is 2.52. The van der Waals surface area contributed by atoms with E-state index in [0.29, 0.717) is 18.4 Å². The Balaban J connectivity index is 2.05. The van der Waals surface area contributed by atoms with E-state index in [1.807, 2.05) is 6.92 Å². The first-order valence-electron chi connectivity index (χ1n) is 6.76. The third kappa shape index (κ3) is 4.51. The van der Waals surface area contributed by atoms with Crippen molar-refractivity contribution in [3.05, 3.63) is 23.8 Å². The van der Waals surface area contributed by atoms with Gasteiger partial charge in [0.25, 0.3) is 0 Å². The maximum absolute atomic E-state index is 5.07. The molecule has 8 nitrogen and oxygen atoms in total. The van der Waals surface area contributed by atoms with Crippen LogP contribution in [0.3, 0.4) is 0 Å². The number of ether oxygens (including phenoxy) is 1. The molecule has 8 heteroatoms. The van der Waals surface area contributed by atoms with Crippen LogP contribution in [-0.4, -0.2) is 38.6 Å². The summed E-state index contributed by atoms with van der Waals surface area (Å²) in [6.45, 7) is 5.23. The summed E-state index contributed by atoms with van der Waals surface area (Å²) in [6, 6.07) is 0.265. The van der Waals surface area contributed by atoms with Gasteiger partial charge >= 0.3 is 6.01 Å². The van der Waals surface area contributed by atoms with Gasteiger partial charge in [0.2, 0.25) is 11.9 Å². The minimum Gasteiger partial charge on any atom is -0.467 e. The van der Waals surface area contributed by atoms with Crippen LogP contribution in [0.5, 0.6) is 6.01 Å². The highest BCUT2D eigenvalue weighted by Gasteiger charge is 2.06. The van der Waals surface area contributed by atoms with Crippen molar-refractivity contribution in [2.24, 2.45) is 0 Å². The molecule has 0 atom stereocenters. The van der Waals surface area contributed by atoms with Gasteiger partial charge in [-0.25, -0.2) is 0 Å². The SMILES string of the molecule is CCCNc1nc(NCc2cnc(C)cn2)nc(OC)n1. The smallest absolute Gasteiger partial charge is 0.322 e. The molecule has 0 radical (unpaired) electrons. The average molecular weight is 289 g/mol. The van der Waals surface area contributed by atoms with E-state index in [2.05, 4.69) is 42.5 Å². The molecule has 0 spiro atoms. The van der Waals surface area contributed by atoms with Crippen LogP contribution >= 0.6 is 0 Å². The molecule has 0 aromatic carbocycles. The van der Waals surface area contributed by atoms with Gasteiger partial charge in [0.15, 0.2) is 0 Å². The number of aryl methyl sites for hydroxylation is 1. The van der Waals surface area contributed by atoms with Crippen molar-refractivity contribution in [3.8, 4) is 6.01 Å². The summed E-state index contributed by atoms with van der Waals surface area (Å²) >= 11 is 0. The van der Waals surface area contributed by atoms with Gasteiger partial charge in [-0.3, -0.25) is 9.97 Å². The van der Waals surface area contributed by atoms with Crippen LogP contribution in [-0.2, 0) is 6.54 Å². The maximum atomic E-state index is 5.07. The summed E-state index contributed by atoms with van der Waals surface area (Å²) in [5.74, 6) is 0.920. The van der Waals surface area contributed by atoms with E-state index in [1.54, 1.807) is 12.4 Å². The number of nitrogens with one attached hydrogen (secondary N) is 2. The summed E-state index contributed by atoms with van der Waals surface area (Å²) < 4.78 is 5.07. The Hall–Kier alpha value is -2.51. The molecule has 2 aromatic rings. The molecule has 21 heavy (non-hydrogen) atoms. The summed E-state index contributed by atoms with van der Waals surface area (Å²) in [5.41, 5.74) is 1.69. The topological polar surface area (TPSA) is 97.7 Å². The number of methoxy groups -OCH3 is 1. The Labute approximate surface area is 123 Å². The van der Waals surface area contributed by atoms with Gasteiger partial charge < -0.3 is 15.4 Å². The molecule has 0 aliphatic carbocycles. The molecule has 112 valence electrons. The van der Waals surface area contributed by atoms with Crippen molar-refractivity contribution in [1.29, 1.82) is 0 Å². The molecular weight excluding hydrogens is 270 g/mol. The highest BCUT2D eigenvalue weighted by molar-refractivity contribution is 5.36. The Morgan fingerprint density at radius 2 is 1.81 bits per heavy atom. The Morgan fingerprint density at radius 3 is 2.43 bits per heavy atom. The van der Waals surface area contributed by atoms with Crippen LogP contribution in [0.4, 0.5) is 11.9 Å². The van der Waals surface area contributed by atoms with E-state index in [0.717, 1.165) is 24.4 Å². The first-order valence-corrected chi connectivity index (χ1v) is 6.76. The van der Waals surface area contributed by atoms with E-state index in [9.17, 15) is 0 Å². The zero-order chi connectivity index (χ0) is 15.1. The minimum absolute atomic E-state index is 0.265. The van der Waals surface area contributed by atoms with Gasteiger partial charge in [0, 0.05) is 12.7 Å². The zero-order valence-corrected chi connectivity index (χ0v) is 12.4. The lowest BCUT2D eigenvalue weighted by Crippen LogP contribution is -2.11. The molecule has 0 unspecified atom stereocenters. The second-order valence-electron chi connectivity index (χ2n) is 4.40. The van der Waals surface area contributed by atoms with E-state index in [1.165, 1.54) is 7.11 Å². The quantitative estimate of drug-likeness (QED) is 0.789. The van der Waals surface area contributed by atoms with E-state index < -0.39 is 0 Å². The largest absolute Gasteiger partial charge is 0.467 e. The maximum Gasteiger partial charge on any atom is 0.322 e. The third-order valence-electron chi connectivity index (χ3n) is 2.59. The summed E-state index contributed by atoms with van der Waals surface area (Å²) in [5, 5.41) is 6.19. The fourth-order valence-corrected chi connectivity index (χ4v) is 1.52. The van der Waals surface area contributed by atoms with Crippen LogP contribution in [0.15, 0.2) is 12.4 Å². The van der Waals surface area contributed by atoms with Crippen LogP contribution < -0.4 is 15.4 Å². The number of nitrogens with zero attached hydrogens (tertiary/aromatic N) is 5. The highest BCUT2D eigenvalue weighted by atomic mass is 16.5. The molecule has 0 aliphatic heterocycles. The van der Waals surface area contributed by atoms with Crippen molar-refractivity contribution in [2.45, 2.75) is 26.8 Å². The van der Waals surface area contributed by atoms with Gasteiger partial charge in [-0.05, 0) is 13.3 Å². The highest BCUT2D eigenvalue weighted by Crippen LogP contribution is 2.11. The van der Waals surface area contributed by atoms with E-state index >= 15 is 0 Å². The van der Waals surface area contributed by atoms with Crippen molar-refractivity contribution < 1.29 is 4.74 Å². The summed E-state index contributed by atoms with van der Waals surface area (Å²) in [6.07, 6.45) is 4.42. The van der Waals surface area contributed by atoms with Gasteiger partial charge in [0.1, 0.15) is 0 Å². The molecule has 0 saturated carbocycles. The standard InChI is InChI=1S/C13H19N7O/c1-4-5-14-11-18-12(20-13(19-11)21-3)17-8-10-7-15-9(2)6-16-10/h6-7H,4-5,8H2,1-3H3,(H2,14,17,18,19,20). The monoisotopic (exact) mass is 289 g/mol. The lowest BCUT2D eigenvalue weighted by molar-refractivity contribution is 0.379. The lowest BCUT2D eigenvalue weighted by atomic mass is 10.4. The van der Waals surface area contributed by atoms with Gasteiger partial charge in [-0.2, -0.15) is 15.0 Å². The second kappa shape index (κ2) is 7.32. The normalized spacial score (nSPS) is 10.2. The van der Waals surface area contributed by atoms with E-state index in [4.69, 9.17) is 4.74 Å². The Bertz CT molecular complexity index is 573. The number of rotatable bonds is 7. The lowest BCUT2D eigenvalue weighted by Gasteiger charge is -2.08. The molecule has 2 rings (SSSR count). The number of hydrogen-bond acceptors (Lipinski definition) is 8. The van der Waals surface area contributed by atoms with Crippen molar-refractivity contribution in [1.82, 2.24) is 24.9 Å². The van der Waals surface area contributed by atoms with Gasteiger partial charge in [-0.15, -0.1) is 0 Å².